The maximum absolute atomic E-state index is 10.7. The lowest BCUT2D eigenvalue weighted by Gasteiger charge is -2.37. The first-order valence-electron chi connectivity index (χ1n) is 6.16. The van der Waals surface area contributed by atoms with E-state index in [4.69, 9.17) is 11.6 Å². The molecule has 0 saturated carbocycles. The van der Waals surface area contributed by atoms with Crippen molar-refractivity contribution < 1.29 is 4.92 Å². The first-order valence-corrected chi connectivity index (χ1v) is 6.54. The summed E-state index contributed by atoms with van der Waals surface area (Å²) >= 11 is 6.16. The highest BCUT2D eigenvalue weighted by molar-refractivity contribution is 6.33. The average Bonchev–Trinajstić information content (AvgIpc) is 2.27. The third-order valence-corrected chi connectivity index (χ3v) is 3.65. The lowest BCUT2D eigenvalue weighted by atomic mass is 9.91. The lowest BCUT2D eigenvalue weighted by molar-refractivity contribution is -0.384. The van der Waals surface area contributed by atoms with Gasteiger partial charge in [0.25, 0.3) is 5.69 Å². The third-order valence-electron chi connectivity index (χ3n) is 3.35. The Kier molecular flexibility index (Phi) is 3.76. The molecule has 0 N–H and O–H groups in total. The summed E-state index contributed by atoms with van der Waals surface area (Å²) in [6.07, 6.45) is 1.22. The molecule has 1 fully saturated rings. The molecule has 0 radical (unpaired) electrons. The summed E-state index contributed by atoms with van der Waals surface area (Å²) in [5.41, 5.74) is 0.947. The molecule has 2 atom stereocenters. The summed E-state index contributed by atoms with van der Waals surface area (Å²) < 4.78 is 0. The maximum atomic E-state index is 10.7. The highest BCUT2D eigenvalue weighted by Crippen LogP contribution is 2.33. The van der Waals surface area contributed by atoms with Gasteiger partial charge in [-0.05, 0) is 24.3 Å². The molecule has 1 saturated heterocycles. The summed E-state index contributed by atoms with van der Waals surface area (Å²) in [5.74, 6) is 1.25. The van der Waals surface area contributed by atoms with Gasteiger partial charge in [0.2, 0.25) is 0 Å². The fraction of sp³-hybridized carbons (Fsp3) is 0.538. The quantitative estimate of drug-likeness (QED) is 0.606. The van der Waals surface area contributed by atoms with E-state index < -0.39 is 4.92 Å². The molecule has 98 valence electrons. The van der Waals surface area contributed by atoms with Crippen LogP contribution in [0.1, 0.15) is 20.3 Å². The van der Waals surface area contributed by atoms with E-state index in [-0.39, 0.29) is 5.69 Å². The normalized spacial score (nSPS) is 24.1. The Morgan fingerprint density at radius 1 is 1.33 bits per heavy atom. The van der Waals surface area contributed by atoms with Crippen molar-refractivity contribution in [3.05, 3.63) is 33.3 Å². The van der Waals surface area contributed by atoms with Gasteiger partial charge in [0.15, 0.2) is 0 Å². The summed E-state index contributed by atoms with van der Waals surface area (Å²) in [7, 11) is 0. The van der Waals surface area contributed by atoms with Crippen LogP contribution < -0.4 is 4.90 Å². The molecule has 1 aromatic carbocycles. The molecule has 1 aliphatic rings. The van der Waals surface area contributed by atoms with Gasteiger partial charge in [-0.15, -0.1) is 0 Å². The predicted octanol–water partition coefficient (Wildman–Crippen LogP) is 3.73. The first-order chi connectivity index (χ1) is 8.47. The van der Waals surface area contributed by atoms with Gasteiger partial charge in [0.1, 0.15) is 0 Å². The van der Waals surface area contributed by atoms with E-state index in [0.29, 0.717) is 16.9 Å². The van der Waals surface area contributed by atoms with Gasteiger partial charge in [0.05, 0.1) is 15.6 Å². The number of halogens is 1. The van der Waals surface area contributed by atoms with Crippen LogP contribution in [0.2, 0.25) is 5.02 Å². The number of nitro groups is 1. The van der Waals surface area contributed by atoms with E-state index in [1.165, 1.54) is 18.6 Å². The zero-order chi connectivity index (χ0) is 13.3. The van der Waals surface area contributed by atoms with Crippen molar-refractivity contribution in [2.45, 2.75) is 20.3 Å². The van der Waals surface area contributed by atoms with Gasteiger partial charge in [0, 0.05) is 25.2 Å². The van der Waals surface area contributed by atoms with Crippen molar-refractivity contribution in [1.82, 2.24) is 0 Å². The van der Waals surface area contributed by atoms with E-state index in [1.807, 2.05) is 0 Å². The zero-order valence-electron chi connectivity index (χ0n) is 10.6. The summed E-state index contributed by atoms with van der Waals surface area (Å²) in [5, 5.41) is 11.1. The second-order valence-corrected chi connectivity index (χ2v) is 5.65. The highest BCUT2D eigenvalue weighted by Gasteiger charge is 2.24. The highest BCUT2D eigenvalue weighted by atomic mass is 35.5. The minimum absolute atomic E-state index is 0.0434. The van der Waals surface area contributed by atoms with Crippen LogP contribution in [-0.4, -0.2) is 18.0 Å². The van der Waals surface area contributed by atoms with E-state index in [1.54, 1.807) is 6.07 Å². The molecule has 4 nitrogen and oxygen atoms in total. The number of anilines is 1. The SMILES string of the molecule is C[C@H]1C[C@H](C)CN(c2ccc([N+](=O)[O-])cc2Cl)C1. The molecule has 2 rings (SSSR count). The van der Waals surface area contributed by atoms with Crippen LogP contribution in [-0.2, 0) is 0 Å². The van der Waals surface area contributed by atoms with E-state index in [9.17, 15) is 10.1 Å². The van der Waals surface area contributed by atoms with Gasteiger partial charge in [-0.3, -0.25) is 10.1 Å². The Morgan fingerprint density at radius 3 is 2.44 bits per heavy atom. The fourth-order valence-corrected chi connectivity index (χ4v) is 3.02. The van der Waals surface area contributed by atoms with Crippen LogP contribution in [0.4, 0.5) is 11.4 Å². The molecule has 18 heavy (non-hydrogen) atoms. The van der Waals surface area contributed by atoms with Gasteiger partial charge in [-0.25, -0.2) is 0 Å². The number of non-ortho nitro benzene ring substituents is 1. The van der Waals surface area contributed by atoms with E-state index in [0.717, 1.165) is 18.8 Å². The monoisotopic (exact) mass is 268 g/mol. The summed E-state index contributed by atoms with van der Waals surface area (Å²) in [6.45, 7) is 6.37. The minimum Gasteiger partial charge on any atom is -0.370 e. The third kappa shape index (κ3) is 2.75. The molecule has 0 bridgehead atoms. The molecular formula is C13H17ClN2O2. The molecule has 0 spiro atoms. The largest absolute Gasteiger partial charge is 0.370 e. The molecule has 1 aliphatic heterocycles. The van der Waals surface area contributed by atoms with Crippen molar-refractivity contribution in [2.75, 3.05) is 18.0 Å². The van der Waals surface area contributed by atoms with Crippen LogP contribution in [0.15, 0.2) is 18.2 Å². The number of piperidine rings is 1. The summed E-state index contributed by atoms with van der Waals surface area (Å²) in [6, 6.07) is 4.71. The van der Waals surface area contributed by atoms with Crippen LogP contribution in [0.3, 0.4) is 0 Å². The smallest absolute Gasteiger partial charge is 0.271 e. The van der Waals surface area contributed by atoms with E-state index in [2.05, 4.69) is 18.7 Å². The topological polar surface area (TPSA) is 46.4 Å². The maximum Gasteiger partial charge on any atom is 0.271 e. The van der Waals surface area contributed by atoms with Crippen LogP contribution in [0, 0.1) is 22.0 Å². The van der Waals surface area contributed by atoms with Crippen LogP contribution in [0.5, 0.6) is 0 Å². The Labute approximate surface area is 112 Å². The number of hydrogen-bond donors (Lipinski definition) is 0. The van der Waals surface area contributed by atoms with Crippen molar-refractivity contribution in [3.63, 3.8) is 0 Å². The fourth-order valence-electron chi connectivity index (χ4n) is 2.73. The molecule has 0 unspecified atom stereocenters. The Bertz CT molecular complexity index is 454. The first kappa shape index (κ1) is 13.1. The number of nitrogens with zero attached hydrogens (tertiary/aromatic N) is 2. The Balaban J connectivity index is 2.25. The predicted molar refractivity (Wildman–Crippen MR) is 73.3 cm³/mol. The molecule has 5 heteroatoms. The zero-order valence-corrected chi connectivity index (χ0v) is 11.4. The van der Waals surface area contributed by atoms with Crippen molar-refractivity contribution in [3.8, 4) is 0 Å². The molecule has 0 aromatic heterocycles. The molecule has 1 aromatic rings. The minimum atomic E-state index is -0.420. The number of hydrogen-bond acceptors (Lipinski definition) is 3. The standard InChI is InChI=1S/C13H17ClN2O2/c1-9-5-10(2)8-15(7-9)13-4-3-11(16(17)18)6-12(13)14/h3-4,6,9-10H,5,7-8H2,1-2H3/t9-,10-/m0/s1. The number of nitro benzene ring substituents is 1. The van der Waals surface area contributed by atoms with E-state index >= 15 is 0 Å². The summed E-state index contributed by atoms with van der Waals surface area (Å²) in [4.78, 5) is 12.5. The molecule has 0 amide bonds. The van der Waals surface area contributed by atoms with Gasteiger partial charge < -0.3 is 4.90 Å². The number of rotatable bonds is 2. The average molecular weight is 269 g/mol. The lowest BCUT2D eigenvalue weighted by Crippen LogP contribution is -2.38. The molecule has 0 aliphatic carbocycles. The van der Waals surface area contributed by atoms with Crippen molar-refractivity contribution in [2.24, 2.45) is 11.8 Å². The van der Waals surface area contributed by atoms with Crippen molar-refractivity contribution in [1.29, 1.82) is 0 Å². The second-order valence-electron chi connectivity index (χ2n) is 5.24. The molecule has 1 heterocycles. The van der Waals surface area contributed by atoms with Crippen LogP contribution in [0.25, 0.3) is 0 Å². The van der Waals surface area contributed by atoms with Crippen molar-refractivity contribution >= 4 is 23.0 Å². The Morgan fingerprint density at radius 2 is 1.94 bits per heavy atom. The second kappa shape index (κ2) is 5.14. The molecular weight excluding hydrogens is 252 g/mol. The number of benzene rings is 1. The van der Waals surface area contributed by atoms with Gasteiger partial charge >= 0.3 is 0 Å². The van der Waals surface area contributed by atoms with Gasteiger partial charge in [-0.2, -0.15) is 0 Å². The van der Waals surface area contributed by atoms with Gasteiger partial charge in [-0.1, -0.05) is 25.4 Å². The van der Waals surface area contributed by atoms with Crippen LogP contribution >= 0.6 is 11.6 Å². The Hall–Kier alpha value is -1.29.